The first-order valence-corrected chi connectivity index (χ1v) is 12.0. The van der Waals surface area contributed by atoms with E-state index >= 15 is 4.39 Å². The second-order valence-electron chi connectivity index (χ2n) is 8.90. The molecule has 4 aromatic carbocycles. The zero-order valence-electron chi connectivity index (χ0n) is 20.0. The maximum Gasteiger partial charge on any atom is 0.387 e. The van der Waals surface area contributed by atoms with Gasteiger partial charge in [0.15, 0.2) is 0 Å². The van der Waals surface area contributed by atoms with Crippen LogP contribution < -0.4 is 4.74 Å². The molecule has 0 fully saturated rings. The van der Waals surface area contributed by atoms with Crippen molar-refractivity contribution >= 4 is 10.8 Å². The summed E-state index contributed by atoms with van der Waals surface area (Å²) >= 11 is 0. The van der Waals surface area contributed by atoms with Gasteiger partial charge >= 0.3 is 6.61 Å². The SMILES string of the molecule is CCCc1cc(F)c(CCc2ccc3c(F)c(CCc4ccc(OC(F)F)cc4)ccc3c2)c(F)c1. The van der Waals surface area contributed by atoms with Gasteiger partial charge in [-0.25, -0.2) is 13.2 Å². The second kappa shape index (κ2) is 11.5. The summed E-state index contributed by atoms with van der Waals surface area (Å²) < 4.78 is 72.9. The van der Waals surface area contributed by atoms with Gasteiger partial charge in [0.25, 0.3) is 0 Å². The largest absolute Gasteiger partial charge is 0.435 e. The Balaban J connectivity index is 1.43. The smallest absolute Gasteiger partial charge is 0.387 e. The number of ether oxygens (including phenoxy) is 1. The molecule has 0 aliphatic carbocycles. The highest BCUT2D eigenvalue weighted by molar-refractivity contribution is 5.84. The van der Waals surface area contributed by atoms with Gasteiger partial charge < -0.3 is 4.74 Å². The van der Waals surface area contributed by atoms with E-state index in [1.165, 1.54) is 24.3 Å². The van der Waals surface area contributed by atoms with Crippen molar-refractivity contribution in [1.29, 1.82) is 0 Å². The molecule has 6 heteroatoms. The van der Waals surface area contributed by atoms with Crippen LogP contribution in [0, 0.1) is 17.5 Å². The summed E-state index contributed by atoms with van der Waals surface area (Å²) in [5.41, 5.74) is 3.04. The Morgan fingerprint density at radius 3 is 2.00 bits per heavy atom. The number of halogens is 5. The highest BCUT2D eigenvalue weighted by Crippen LogP contribution is 2.26. The molecule has 0 unspecified atom stereocenters. The summed E-state index contributed by atoms with van der Waals surface area (Å²) in [6, 6.07) is 18.1. The van der Waals surface area contributed by atoms with Crippen LogP contribution in [0.3, 0.4) is 0 Å². The molecular weight excluding hydrogens is 471 g/mol. The molecule has 0 N–H and O–H groups in total. The molecule has 0 bridgehead atoms. The van der Waals surface area contributed by atoms with Crippen molar-refractivity contribution in [2.45, 2.75) is 52.1 Å². The van der Waals surface area contributed by atoms with Crippen molar-refractivity contribution in [3.63, 3.8) is 0 Å². The van der Waals surface area contributed by atoms with Gasteiger partial charge in [-0.05, 0) is 84.0 Å². The molecule has 4 rings (SSSR count). The number of fused-ring (bicyclic) bond motifs is 1. The van der Waals surface area contributed by atoms with Crippen molar-refractivity contribution in [3.05, 3.63) is 112 Å². The van der Waals surface area contributed by atoms with Crippen LogP contribution >= 0.6 is 0 Å². The zero-order valence-corrected chi connectivity index (χ0v) is 20.0. The van der Waals surface area contributed by atoms with Gasteiger partial charge in [0, 0.05) is 10.9 Å². The Morgan fingerprint density at radius 2 is 1.33 bits per heavy atom. The summed E-state index contributed by atoms with van der Waals surface area (Å²) in [5, 5.41) is 1.21. The highest BCUT2D eigenvalue weighted by Gasteiger charge is 2.13. The monoisotopic (exact) mass is 498 g/mol. The third-order valence-corrected chi connectivity index (χ3v) is 6.33. The molecule has 188 valence electrons. The van der Waals surface area contributed by atoms with Gasteiger partial charge in [-0.3, -0.25) is 0 Å². The summed E-state index contributed by atoms with van der Waals surface area (Å²) in [7, 11) is 0. The lowest BCUT2D eigenvalue weighted by Gasteiger charge is -2.11. The molecule has 0 aliphatic rings. The normalized spacial score (nSPS) is 11.4. The van der Waals surface area contributed by atoms with Crippen LogP contribution in [-0.2, 0) is 32.1 Å². The fraction of sp³-hybridized carbons (Fsp3) is 0.267. The van der Waals surface area contributed by atoms with Gasteiger partial charge in [0.2, 0.25) is 0 Å². The molecule has 0 radical (unpaired) electrons. The minimum Gasteiger partial charge on any atom is -0.435 e. The van der Waals surface area contributed by atoms with E-state index in [0.29, 0.717) is 42.2 Å². The molecule has 36 heavy (non-hydrogen) atoms. The summed E-state index contributed by atoms with van der Waals surface area (Å²) in [4.78, 5) is 0. The predicted molar refractivity (Wildman–Crippen MR) is 132 cm³/mol. The Bertz CT molecular complexity index is 1310. The van der Waals surface area contributed by atoms with E-state index in [2.05, 4.69) is 4.74 Å². The first-order chi connectivity index (χ1) is 17.3. The van der Waals surface area contributed by atoms with Crippen LogP contribution in [0.25, 0.3) is 10.8 Å². The number of aryl methyl sites for hydroxylation is 4. The maximum absolute atomic E-state index is 15.2. The molecular formula is C30H27F5O. The van der Waals surface area contributed by atoms with E-state index in [9.17, 15) is 17.6 Å². The molecule has 0 amide bonds. The van der Waals surface area contributed by atoms with Crippen LogP contribution in [0.1, 0.15) is 41.2 Å². The third-order valence-electron chi connectivity index (χ3n) is 6.33. The van der Waals surface area contributed by atoms with Crippen LogP contribution in [0.5, 0.6) is 5.75 Å². The van der Waals surface area contributed by atoms with Crippen LogP contribution in [0.4, 0.5) is 22.0 Å². The van der Waals surface area contributed by atoms with E-state index in [0.717, 1.165) is 22.9 Å². The quantitative estimate of drug-likeness (QED) is 0.200. The summed E-state index contributed by atoms with van der Waals surface area (Å²) in [6.07, 6.45) is 3.10. The molecule has 0 saturated heterocycles. The fourth-order valence-electron chi connectivity index (χ4n) is 4.45. The van der Waals surface area contributed by atoms with E-state index in [4.69, 9.17) is 0 Å². The number of rotatable bonds is 10. The van der Waals surface area contributed by atoms with Crippen molar-refractivity contribution in [2.24, 2.45) is 0 Å². The molecule has 0 aromatic heterocycles. The van der Waals surface area contributed by atoms with Crippen LogP contribution in [-0.4, -0.2) is 6.61 Å². The molecule has 1 nitrogen and oxygen atoms in total. The van der Waals surface area contributed by atoms with Crippen molar-refractivity contribution in [3.8, 4) is 5.75 Å². The lowest BCUT2D eigenvalue weighted by atomic mass is 9.96. The van der Waals surface area contributed by atoms with Crippen molar-refractivity contribution in [1.82, 2.24) is 0 Å². The predicted octanol–water partition coefficient (Wildman–Crippen LogP) is 8.38. The highest BCUT2D eigenvalue weighted by atomic mass is 19.3. The number of alkyl halides is 2. The van der Waals surface area contributed by atoms with Gasteiger partial charge in [-0.15, -0.1) is 0 Å². The van der Waals surface area contributed by atoms with Crippen LogP contribution in [0.2, 0.25) is 0 Å². The fourth-order valence-corrected chi connectivity index (χ4v) is 4.45. The first-order valence-electron chi connectivity index (χ1n) is 12.0. The molecule has 0 aliphatic heterocycles. The Labute approximate surface area is 207 Å². The lowest BCUT2D eigenvalue weighted by Crippen LogP contribution is -2.02. The van der Waals surface area contributed by atoms with Gasteiger partial charge in [-0.1, -0.05) is 55.8 Å². The van der Waals surface area contributed by atoms with E-state index < -0.39 is 18.2 Å². The lowest BCUT2D eigenvalue weighted by molar-refractivity contribution is -0.0498. The van der Waals surface area contributed by atoms with Crippen molar-refractivity contribution < 1.29 is 26.7 Å². The molecule has 0 spiro atoms. The van der Waals surface area contributed by atoms with E-state index in [1.807, 2.05) is 19.1 Å². The third kappa shape index (κ3) is 6.23. The minimum absolute atomic E-state index is 0.0743. The average Bonchev–Trinajstić information content (AvgIpc) is 2.84. The van der Waals surface area contributed by atoms with Crippen LogP contribution in [0.15, 0.2) is 66.7 Å². The topological polar surface area (TPSA) is 9.23 Å². The first kappa shape index (κ1) is 25.7. The Hall–Kier alpha value is -3.41. The van der Waals surface area contributed by atoms with E-state index in [-0.39, 0.29) is 23.6 Å². The Morgan fingerprint density at radius 1 is 0.667 bits per heavy atom. The van der Waals surface area contributed by atoms with Gasteiger partial charge in [0.05, 0.1) is 0 Å². The summed E-state index contributed by atoms with van der Waals surface area (Å²) in [5.74, 6) is -1.27. The Kier molecular flexibility index (Phi) is 8.24. The molecule has 0 saturated carbocycles. The molecule has 0 atom stereocenters. The molecule has 4 aromatic rings. The molecule has 0 heterocycles. The maximum atomic E-state index is 15.2. The average molecular weight is 499 g/mol. The number of hydrogen-bond donors (Lipinski definition) is 0. The van der Waals surface area contributed by atoms with Gasteiger partial charge in [0.1, 0.15) is 23.2 Å². The number of benzene rings is 4. The zero-order chi connectivity index (χ0) is 25.7. The standard InChI is InChI=1S/C30H27F5O/c1-2-3-21-17-27(31)26(28(32)18-21)15-8-20-7-14-25-23(16-20)11-10-22(29(25)33)9-4-19-5-12-24(13-6-19)36-30(34)35/h5-7,10-14,16-18,30H,2-4,8-9,15H2,1H3. The minimum atomic E-state index is -2.87. The number of hydrogen-bond acceptors (Lipinski definition) is 1. The van der Waals surface area contributed by atoms with E-state index in [1.54, 1.807) is 30.3 Å². The summed E-state index contributed by atoms with van der Waals surface area (Å²) in [6.45, 7) is -0.910. The van der Waals surface area contributed by atoms with Crippen molar-refractivity contribution in [2.75, 3.05) is 0 Å². The second-order valence-corrected chi connectivity index (χ2v) is 8.90. The van der Waals surface area contributed by atoms with Gasteiger partial charge in [-0.2, -0.15) is 8.78 Å².